The van der Waals surface area contributed by atoms with Crippen molar-refractivity contribution in [1.82, 2.24) is 0 Å². The third kappa shape index (κ3) is 3.77. The summed E-state index contributed by atoms with van der Waals surface area (Å²) in [4.78, 5) is 25.2. The fourth-order valence-corrected chi connectivity index (χ4v) is 5.47. The maximum atomic E-state index is 13.5. The molecule has 4 aliphatic carbocycles. The van der Waals surface area contributed by atoms with Crippen LogP contribution in [0.5, 0.6) is 0 Å². The SMILES string of the molecule is CC(C)(C)C(=O)OC12CC3CC(C1)CC(C(=O)OCC(F)(F)S(=O)(=O)O)(C3)C2. The van der Waals surface area contributed by atoms with Crippen molar-refractivity contribution in [2.24, 2.45) is 22.7 Å². The van der Waals surface area contributed by atoms with E-state index in [0.717, 1.165) is 6.42 Å². The molecule has 0 aromatic carbocycles. The molecule has 2 unspecified atom stereocenters. The van der Waals surface area contributed by atoms with Crippen LogP contribution in [0.15, 0.2) is 0 Å². The molecule has 0 aliphatic heterocycles. The number of alkyl halides is 2. The largest absolute Gasteiger partial charge is 0.459 e. The van der Waals surface area contributed by atoms with E-state index in [-0.39, 0.29) is 24.2 Å². The average molecular weight is 424 g/mol. The van der Waals surface area contributed by atoms with Crippen LogP contribution in [-0.4, -0.2) is 42.4 Å². The fourth-order valence-electron chi connectivity index (χ4n) is 5.26. The van der Waals surface area contributed by atoms with Crippen LogP contribution in [0.1, 0.15) is 59.3 Å². The Morgan fingerprint density at radius 1 is 1.11 bits per heavy atom. The molecule has 0 amide bonds. The van der Waals surface area contributed by atoms with Crippen molar-refractivity contribution in [3.63, 3.8) is 0 Å². The van der Waals surface area contributed by atoms with Gasteiger partial charge >= 0.3 is 27.3 Å². The van der Waals surface area contributed by atoms with E-state index >= 15 is 0 Å². The zero-order valence-electron chi connectivity index (χ0n) is 16.2. The van der Waals surface area contributed by atoms with Gasteiger partial charge in [0.05, 0.1) is 10.8 Å². The molecule has 0 aromatic heterocycles. The summed E-state index contributed by atoms with van der Waals surface area (Å²) in [6.07, 6.45) is 3.20. The zero-order valence-corrected chi connectivity index (χ0v) is 17.0. The monoisotopic (exact) mass is 424 g/mol. The quantitative estimate of drug-likeness (QED) is 0.534. The Kier molecular flexibility index (Phi) is 4.86. The van der Waals surface area contributed by atoms with Gasteiger partial charge in [-0.2, -0.15) is 17.2 Å². The van der Waals surface area contributed by atoms with Gasteiger partial charge in [-0.3, -0.25) is 14.1 Å². The Balaban J connectivity index is 1.78. The van der Waals surface area contributed by atoms with E-state index in [4.69, 9.17) is 9.29 Å². The molecular weight excluding hydrogens is 398 g/mol. The maximum absolute atomic E-state index is 13.5. The molecule has 4 saturated carbocycles. The van der Waals surface area contributed by atoms with Crippen LogP contribution >= 0.6 is 0 Å². The van der Waals surface area contributed by atoms with Crippen molar-refractivity contribution < 1.29 is 40.8 Å². The summed E-state index contributed by atoms with van der Waals surface area (Å²) in [5, 5.41) is -4.57. The first kappa shape index (κ1) is 21.4. The molecule has 0 radical (unpaired) electrons. The zero-order chi connectivity index (χ0) is 21.2. The van der Waals surface area contributed by atoms with Gasteiger partial charge in [0.25, 0.3) is 0 Å². The summed E-state index contributed by atoms with van der Waals surface area (Å²) >= 11 is 0. The molecule has 160 valence electrons. The van der Waals surface area contributed by atoms with Crippen molar-refractivity contribution in [2.45, 2.75) is 70.2 Å². The third-order valence-corrected chi connectivity index (χ3v) is 6.98. The minimum absolute atomic E-state index is 0.114. The Hall–Kier alpha value is -1.29. The molecule has 4 aliphatic rings. The molecule has 4 rings (SSSR count). The second-order valence-corrected chi connectivity index (χ2v) is 11.3. The Morgan fingerprint density at radius 3 is 2.11 bits per heavy atom. The van der Waals surface area contributed by atoms with Gasteiger partial charge in [-0.05, 0) is 64.7 Å². The molecule has 0 spiro atoms. The topological polar surface area (TPSA) is 107 Å². The fraction of sp³-hybridized carbons (Fsp3) is 0.889. The molecule has 10 heteroatoms. The van der Waals surface area contributed by atoms with Gasteiger partial charge in [0.2, 0.25) is 0 Å². The Labute approximate surface area is 162 Å². The molecule has 2 atom stereocenters. The standard InChI is InChI=1S/C18H26F2O7S/c1-15(2,3)13(21)27-17-7-11-4-12(8-17)6-16(5-11,9-17)14(22)26-10-18(19,20)28(23,24)25/h11-12H,4-10H2,1-3H3,(H,23,24,25). The number of carbonyl (C=O) groups is 2. The van der Waals surface area contributed by atoms with Crippen LogP contribution in [0.3, 0.4) is 0 Å². The summed E-state index contributed by atoms with van der Waals surface area (Å²) < 4.78 is 67.5. The number of ether oxygens (including phenoxy) is 2. The van der Waals surface area contributed by atoms with Crippen LogP contribution in [0, 0.1) is 22.7 Å². The van der Waals surface area contributed by atoms with Gasteiger partial charge in [-0.1, -0.05) is 0 Å². The molecule has 0 heterocycles. The predicted octanol–water partition coefficient (Wildman–Crippen LogP) is 2.94. The van der Waals surface area contributed by atoms with Crippen LogP contribution in [0.25, 0.3) is 0 Å². The van der Waals surface area contributed by atoms with Crippen molar-refractivity contribution in [3.05, 3.63) is 0 Å². The van der Waals surface area contributed by atoms with Crippen molar-refractivity contribution in [3.8, 4) is 0 Å². The molecule has 0 aromatic rings. The summed E-state index contributed by atoms with van der Waals surface area (Å²) in [5.74, 6) is -1.07. The summed E-state index contributed by atoms with van der Waals surface area (Å²) in [6.45, 7) is 3.46. The number of carbonyl (C=O) groups excluding carboxylic acids is 2. The number of hydrogen-bond acceptors (Lipinski definition) is 6. The first-order chi connectivity index (χ1) is 12.6. The summed E-state index contributed by atoms with van der Waals surface area (Å²) in [5.41, 5.74) is -2.61. The lowest BCUT2D eigenvalue weighted by Gasteiger charge is -2.60. The van der Waals surface area contributed by atoms with E-state index in [1.165, 1.54) is 0 Å². The van der Waals surface area contributed by atoms with Gasteiger partial charge < -0.3 is 9.47 Å². The normalized spacial score (nSPS) is 34.9. The van der Waals surface area contributed by atoms with Gasteiger partial charge in [0.1, 0.15) is 5.60 Å². The molecule has 7 nitrogen and oxygen atoms in total. The van der Waals surface area contributed by atoms with Crippen molar-refractivity contribution in [1.29, 1.82) is 0 Å². The first-order valence-corrected chi connectivity index (χ1v) is 10.8. The second-order valence-electron chi connectivity index (χ2n) is 9.75. The predicted molar refractivity (Wildman–Crippen MR) is 92.8 cm³/mol. The highest BCUT2D eigenvalue weighted by Gasteiger charge is 2.63. The highest BCUT2D eigenvalue weighted by atomic mass is 32.2. The second kappa shape index (κ2) is 6.35. The lowest BCUT2D eigenvalue weighted by molar-refractivity contribution is -0.218. The molecular formula is C18H26F2O7S. The molecule has 4 fully saturated rings. The molecule has 28 heavy (non-hydrogen) atoms. The molecule has 0 saturated heterocycles. The smallest absolute Gasteiger partial charge is 0.402 e. The van der Waals surface area contributed by atoms with E-state index in [1.807, 2.05) is 0 Å². The van der Waals surface area contributed by atoms with Gasteiger partial charge in [0.15, 0.2) is 6.61 Å². The van der Waals surface area contributed by atoms with E-state index in [2.05, 4.69) is 4.74 Å². The van der Waals surface area contributed by atoms with Gasteiger partial charge in [0, 0.05) is 6.42 Å². The Bertz CT molecular complexity index is 770. The highest BCUT2D eigenvalue weighted by Crippen LogP contribution is 2.63. The summed E-state index contributed by atoms with van der Waals surface area (Å²) in [7, 11) is -5.68. The van der Waals surface area contributed by atoms with E-state index in [1.54, 1.807) is 20.8 Å². The van der Waals surface area contributed by atoms with Crippen molar-refractivity contribution in [2.75, 3.05) is 6.61 Å². The summed E-state index contributed by atoms with van der Waals surface area (Å²) in [6, 6.07) is 0. The van der Waals surface area contributed by atoms with Crippen LogP contribution in [0.2, 0.25) is 0 Å². The number of halogens is 2. The highest BCUT2D eigenvalue weighted by molar-refractivity contribution is 7.86. The van der Waals surface area contributed by atoms with E-state index in [9.17, 15) is 26.8 Å². The van der Waals surface area contributed by atoms with Crippen molar-refractivity contribution >= 4 is 22.1 Å². The maximum Gasteiger partial charge on any atom is 0.402 e. The lowest BCUT2D eigenvalue weighted by atomic mass is 9.48. The number of esters is 2. The average Bonchev–Trinajstić information content (AvgIpc) is 2.48. The minimum atomic E-state index is -5.68. The van der Waals surface area contributed by atoms with E-state index in [0.29, 0.717) is 25.7 Å². The van der Waals surface area contributed by atoms with Crippen LogP contribution in [0.4, 0.5) is 8.78 Å². The van der Waals surface area contributed by atoms with Crippen LogP contribution in [-0.2, 0) is 29.2 Å². The van der Waals surface area contributed by atoms with Crippen LogP contribution < -0.4 is 0 Å². The molecule has 4 bridgehead atoms. The van der Waals surface area contributed by atoms with Gasteiger partial charge in [-0.15, -0.1) is 0 Å². The molecule has 1 N–H and O–H groups in total. The third-order valence-electron chi connectivity index (χ3n) is 6.11. The Morgan fingerprint density at radius 2 is 1.64 bits per heavy atom. The minimum Gasteiger partial charge on any atom is -0.459 e. The first-order valence-electron chi connectivity index (χ1n) is 9.33. The number of rotatable bonds is 5. The van der Waals surface area contributed by atoms with Gasteiger partial charge in [-0.25, -0.2) is 0 Å². The van der Waals surface area contributed by atoms with E-state index < -0.39 is 44.4 Å². The lowest BCUT2D eigenvalue weighted by Crippen LogP contribution is -2.60. The number of hydrogen-bond donors (Lipinski definition) is 1.